The smallest absolute Gasteiger partial charge is 0.0314 e. The number of anilines is 1. The van der Waals surface area contributed by atoms with Crippen LogP contribution < -0.4 is 5.73 Å². The average molecular weight is 231 g/mol. The summed E-state index contributed by atoms with van der Waals surface area (Å²) in [5.74, 6) is 0. The minimum Gasteiger partial charge on any atom is -0.399 e. The van der Waals surface area contributed by atoms with Crippen LogP contribution in [0.1, 0.15) is 57.4 Å². The van der Waals surface area contributed by atoms with E-state index in [-0.39, 0.29) is 0 Å². The third kappa shape index (κ3) is 6.83. The van der Waals surface area contributed by atoms with Gasteiger partial charge in [0, 0.05) is 5.69 Å². The summed E-state index contributed by atoms with van der Waals surface area (Å²) in [6, 6.07) is 8.02. The topological polar surface area (TPSA) is 26.0 Å². The Balaban J connectivity index is 2.08. The van der Waals surface area contributed by atoms with E-state index in [4.69, 9.17) is 5.73 Å². The third-order valence-corrected chi connectivity index (χ3v) is 2.97. The highest BCUT2D eigenvalue weighted by atomic mass is 14.5. The molecule has 0 aliphatic heterocycles. The van der Waals surface area contributed by atoms with Gasteiger partial charge in [0.1, 0.15) is 0 Å². The van der Waals surface area contributed by atoms with Crippen molar-refractivity contribution in [2.75, 3.05) is 5.73 Å². The Morgan fingerprint density at radius 3 is 2.29 bits per heavy atom. The van der Waals surface area contributed by atoms with Crippen LogP contribution in [0.15, 0.2) is 30.3 Å². The Labute approximate surface area is 106 Å². The second kappa shape index (κ2) is 8.86. The van der Waals surface area contributed by atoms with Gasteiger partial charge in [-0.25, -0.2) is 0 Å². The van der Waals surface area contributed by atoms with E-state index < -0.39 is 0 Å². The molecule has 2 N–H and O–H groups in total. The van der Waals surface area contributed by atoms with E-state index in [1.165, 1.54) is 50.5 Å². The second-order valence-electron chi connectivity index (χ2n) is 4.63. The Kier molecular flexibility index (Phi) is 7.20. The summed E-state index contributed by atoms with van der Waals surface area (Å²) in [5, 5.41) is 0. The molecule has 0 atom stereocenters. The molecule has 1 aromatic carbocycles. The van der Waals surface area contributed by atoms with Gasteiger partial charge in [0.2, 0.25) is 0 Å². The summed E-state index contributed by atoms with van der Waals surface area (Å²) in [5.41, 5.74) is 7.71. The zero-order valence-corrected chi connectivity index (χ0v) is 11.0. The maximum absolute atomic E-state index is 5.64. The van der Waals surface area contributed by atoms with Crippen LogP contribution in [-0.2, 0) is 0 Å². The highest BCUT2D eigenvalue weighted by molar-refractivity contribution is 5.53. The van der Waals surface area contributed by atoms with E-state index in [9.17, 15) is 0 Å². The normalized spacial score (nSPS) is 11.1. The molecule has 0 fully saturated rings. The zero-order chi connectivity index (χ0) is 12.3. The highest BCUT2D eigenvalue weighted by Gasteiger charge is 1.89. The first-order chi connectivity index (χ1) is 8.33. The maximum Gasteiger partial charge on any atom is 0.0314 e. The molecule has 1 aromatic rings. The van der Waals surface area contributed by atoms with Gasteiger partial charge in [0.15, 0.2) is 0 Å². The molecule has 0 bridgehead atoms. The second-order valence-corrected chi connectivity index (χ2v) is 4.63. The number of rotatable bonds is 8. The molecule has 0 radical (unpaired) electrons. The van der Waals surface area contributed by atoms with E-state index in [1.54, 1.807) is 0 Å². The van der Waals surface area contributed by atoms with Crippen LogP contribution in [0.2, 0.25) is 0 Å². The molecule has 0 spiro atoms. The minimum absolute atomic E-state index is 0.832. The van der Waals surface area contributed by atoms with Gasteiger partial charge < -0.3 is 5.73 Å². The molecule has 0 saturated carbocycles. The standard InChI is InChI=1S/C16H25N/c1-2-3-4-5-6-7-8-9-10-15-11-13-16(17)14-12-15/h9-14H,2-8,17H2,1H3. The number of hydrogen-bond acceptors (Lipinski definition) is 1. The molecule has 1 nitrogen and oxygen atoms in total. The number of nitrogens with two attached hydrogens (primary N) is 1. The summed E-state index contributed by atoms with van der Waals surface area (Å²) < 4.78 is 0. The van der Waals surface area contributed by atoms with Gasteiger partial charge in [0.05, 0.1) is 0 Å². The lowest BCUT2D eigenvalue weighted by Crippen LogP contribution is -1.82. The molecular formula is C16H25N. The Morgan fingerprint density at radius 2 is 1.59 bits per heavy atom. The first kappa shape index (κ1) is 13.8. The molecule has 0 unspecified atom stereocenters. The van der Waals surface area contributed by atoms with Gasteiger partial charge in [-0.05, 0) is 30.5 Å². The lowest BCUT2D eigenvalue weighted by molar-refractivity contribution is 0.611. The number of allylic oxidation sites excluding steroid dienone is 1. The van der Waals surface area contributed by atoms with Crippen LogP contribution in [0.4, 0.5) is 5.69 Å². The summed E-state index contributed by atoms with van der Waals surface area (Å²) in [7, 11) is 0. The largest absolute Gasteiger partial charge is 0.399 e. The van der Waals surface area contributed by atoms with Crippen LogP contribution in [0.5, 0.6) is 0 Å². The van der Waals surface area contributed by atoms with Crippen molar-refractivity contribution >= 4 is 11.8 Å². The van der Waals surface area contributed by atoms with Crippen LogP contribution in [-0.4, -0.2) is 0 Å². The summed E-state index contributed by atoms with van der Waals surface area (Å²) in [6.45, 7) is 2.26. The van der Waals surface area contributed by atoms with Gasteiger partial charge >= 0.3 is 0 Å². The predicted molar refractivity (Wildman–Crippen MR) is 77.9 cm³/mol. The van der Waals surface area contributed by atoms with Crippen LogP contribution in [0, 0.1) is 0 Å². The van der Waals surface area contributed by atoms with E-state index in [2.05, 4.69) is 31.2 Å². The molecule has 1 heteroatoms. The summed E-state index contributed by atoms with van der Waals surface area (Å²) >= 11 is 0. The molecule has 0 amide bonds. The van der Waals surface area contributed by atoms with Gasteiger partial charge in [0.25, 0.3) is 0 Å². The molecule has 94 valence electrons. The number of nitrogen functional groups attached to an aromatic ring is 1. The Bertz CT molecular complexity index is 311. The maximum atomic E-state index is 5.64. The minimum atomic E-state index is 0.832. The Hall–Kier alpha value is -1.24. The molecule has 0 heterocycles. The van der Waals surface area contributed by atoms with Crippen molar-refractivity contribution in [3.8, 4) is 0 Å². The van der Waals surface area contributed by atoms with Crippen molar-refractivity contribution in [1.82, 2.24) is 0 Å². The quantitative estimate of drug-likeness (QED) is 0.492. The summed E-state index contributed by atoms with van der Waals surface area (Å²) in [6.07, 6.45) is 13.8. The van der Waals surface area contributed by atoms with E-state index in [0.717, 1.165) is 5.69 Å². The summed E-state index contributed by atoms with van der Waals surface area (Å²) in [4.78, 5) is 0. The van der Waals surface area contributed by atoms with Crippen LogP contribution in [0.3, 0.4) is 0 Å². The first-order valence-corrected chi connectivity index (χ1v) is 6.85. The highest BCUT2D eigenvalue weighted by Crippen LogP contribution is 2.10. The van der Waals surface area contributed by atoms with Crippen molar-refractivity contribution in [1.29, 1.82) is 0 Å². The monoisotopic (exact) mass is 231 g/mol. The average Bonchev–Trinajstić information content (AvgIpc) is 2.35. The molecule has 0 aliphatic rings. The lowest BCUT2D eigenvalue weighted by atomic mass is 10.1. The number of hydrogen-bond donors (Lipinski definition) is 1. The number of benzene rings is 1. The Morgan fingerprint density at radius 1 is 0.941 bits per heavy atom. The lowest BCUT2D eigenvalue weighted by Gasteiger charge is -1.98. The van der Waals surface area contributed by atoms with Crippen molar-refractivity contribution in [2.24, 2.45) is 0 Å². The van der Waals surface area contributed by atoms with Gasteiger partial charge in [-0.3, -0.25) is 0 Å². The van der Waals surface area contributed by atoms with Gasteiger partial charge in [-0.1, -0.05) is 63.3 Å². The van der Waals surface area contributed by atoms with Gasteiger partial charge in [-0.15, -0.1) is 0 Å². The first-order valence-electron chi connectivity index (χ1n) is 6.85. The fourth-order valence-electron chi connectivity index (χ4n) is 1.87. The van der Waals surface area contributed by atoms with Crippen molar-refractivity contribution in [3.05, 3.63) is 35.9 Å². The number of unbranched alkanes of at least 4 members (excludes halogenated alkanes) is 6. The molecule has 0 saturated heterocycles. The fraction of sp³-hybridized carbons (Fsp3) is 0.500. The SMILES string of the molecule is CCCCCCCCC=Cc1ccc(N)cc1. The van der Waals surface area contributed by atoms with Gasteiger partial charge in [-0.2, -0.15) is 0 Å². The van der Waals surface area contributed by atoms with E-state index >= 15 is 0 Å². The fourth-order valence-corrected chi connectivity index (χ4v) is 1.87. The molecule has 0 aliphatic carbocycles. The third-order valence-electron chi connectivity index (χ3n) is 2.97. The van der Waals surface area contributed by atoms with Crippen molar-refractivity contribution in [3.63, 3.8) is 0 Å². The predicted octanol–water partition coefficient (Wildman–Crippen LogP) is 5.03. The van der Waals surface area contributed by atoms with Crippen LogP contribution >= 0.6 is 0 Å². The van der Waals surface area contributed by atoms with Crippen molar-refractivity contribution in [2.45, 2.75) is 51.9 Å². The van der Waals surface area contributed by atoms with Crippen molar-refractivity contribution < 1.29 is 0 Å². The molecular weight excluding hydrogens is 206 g/mol. The molecule has 17 heavy (non-hydrogen) atoms. The molecule has 0 aromatic heterocycles. The molecule has 1 rings (SSSR count). The van der Waals surface area contributed by atoms with E-state index in [0.29, 0.717) is 0 Å². The van der Waals surface area contributed by atoms with Crippen LogP contribution in [0.25, 0.3) is 6.08 Å². The zero-order valence-electron chi connectivity index (χ0n) is 11.0. The van der Waals surface area contributed by atoms with E-state index in [1.807, 2.05) is 12.1 Å².